The highest BCUT2D eigenvalue weighted by atomic mass is 35.5. The minimum atomic E-state index is -0.727. The molecule has 2 rings (SSSR count). The monoisotopic (exact) mass is 327 g/mol. The van der Waals surface area contributed by atoms with E-state index in [-0.39, 0.29) is 5.92 Å². The van der Waals surface area contributed by atoms with Crippen molar-refractivity contribution >= 4 is 17.6 Å². The van der Waals surface area contributed by atoms with Gasteiger partial charge in [-0.05, 0) is 24.0 Å². The maximum atomic E-state index is 11.3. The molecule has 0 amide bonds. The van der Waals surface area contributed by atoms with Gasteiger partial charge in [0.1, 0.15) is 0 Å². The van der Waals surface area contributed by atoms with Gasteiger partial charge >= 0.3 is 5.97 Å². The molecule has 5 nitrogen and oxygen atoms in total. The molecule has 1 aromatic carbocycles. The number of rotatable bonds is 5. The van der Waals surface area contributed by atoms with Crippen LogP contribution in [-0.2, 0) is 11.3 Å². The molecule has 0 aliphatic carbocycles. The van der Waals surface area contributed by atoms with Crippen LogP contribution in [0.25, 0.3) is 0 Å². The Morgan fingerprint density at radius 1 is 1.36 bits per heavy atom. The molecule has 1 heterocycles. The van der Waals surface area contributed by atoms with E-state index in [2.05, 4.69) is 11.8 Å². The van der Waals surface area contributed by atoms with Crippen LogP contribution in [0, 0.1) is 11.8 Å². The minimum absolute atomic E-state index is 0.317. The van der Waals surface area contributed by atoms with Crippen molar-refractivity contribution in [2.45, 2.75) is 19.9 Å². The Bertz CT molecular complexity index is 549. The minimum Gasteiger partial charge on any atom is -0.493 e. The summed E-state index contributed by atoms with van der Waals surface area (Å²) in [6, 6.07) is 3.72. The number of ether oxygens (including phenoxy) is 2. The molecule has 2 atom stereocenters. The van der Waals surface area contributed by atoms with Crippen LogP contribution in [0.5, 0.6) is 11.5 Å². The van der Waals surface area contributed by atoms with E-state index in [0.29, 0.717) is 35.5 Å². The van der Waals surface area contributed by atoms with E-state index < -0.39 is 5.97 Å². The highest BCUT2D eigenvalue weighted by Crippen LogP contribution is 2.38. The number of hydrogen-bond acceptors (Lipinski definition) is 4. The molecular formula is C16H22ClNO4. The van der Waals surface area contributed by atoms with Gasteiger partial charge in [0.2, 0.25) is 0 Å². The molecule has 0 spiro atoms. The molecule has 1 aliphatic rings. The van der Waals surface area contributed by atoms with E-state index in [0.717, 1.165) is 18.5 Å². The number of piperidine rings is 1. The lowest BCUT2D eigenvalue weighted by Gasteiger charge is -2.34. The van der Waals surface area contributed by atoms with Crippen LogP contribution in [0.4, 0.5) is 0 Å². The van der Waals surface area contributed by atoms with Gasteiger partial charge in [-0.1, -0.05) is 24.6 Å². The number of halogens is 1. The van der Waals surface area contributed by atoms with E-state index in [1.165, 1.54) is 0 Å². The van der Waals surface area contributed by atoms with E-state index in [4.69, 9.17) is 21.1 Å². The Kier molecular flexibility index (Phi) is 5.53. The zero-order valence-electron chi connectivity index (χ0n) is 13.1. The Hall–Kier alpha value is -1.46. The summed E-state index contributed by atoms with van der Waals surface area (Å²) in [6.07, 6.45) is 0.728. The summed E-state index contributed by atoms with van der Waals surface area (Å²) in [6.45, 7) is 4.10. The molecule has 0 saturated carbocycles. The van der Waals surface area contributed by atoms with Crippen molar-refractivity contribution in [3.63, 3.8) is 0 Å². The summed E-state index contributed by atoms with van der Waals surface area (Å²) in [5.74, 6) is 0.416. The molecule has 0 aromatic heterocycles. The first-order valence-corrected chi connectivity index (χ1v) is 7.68. The maximum Gasteiger partial charge on any atom is 0.307 e. The van der Waals surface area contributed by atoms with Crippen LogP contribution in [-0.4, -0.2) is 43.3 Å². The molecule has 1 aromatic rings. The standard InChI is InChI=1S/C16H22ClNO4/c1-10-6-12(16(19)20)9-18(7-10)8-11-4-5-13(21-2)15(22-3)14(11)17/h4-5,10,12H,6-9H2,1-3H3,(H,19,20). The first-order valence-electron chi connectivity index (χ1n) is 7.30. The normalized spacial score (nSPS) is 22.4. The second kappa shape index (κ2) is 7.20. The van der Waals surface area contributed by atoms with Crippen LogP contribution in [0.2, 0.25) is 5.02 Å². The predicted octanol–water partition coefficient (Wildman–Crippen LogP) is 2.90. The number of nitrogens with zero attached hydrogens (tertiary/aromatic N) is 1. The second-order valence-electron chi connectivity index (χ2n) is 5.84. The quantitative estimate of drug-likeness (QED) is 0.901. The number of carboxylic acid groups (broad SMARTS) is 1. The van der Waals surface area contributed by atoms with Gasteiger partial charge in [0.15, 0.2) is 11.5 Å². The van der Waals surface area contributed by atoms with Gasteiger partial charge in [-0.3, -0.25) is 9.69 Å². The number of benzene rings is 1. The van der Waals surface area contributed by atoms with Crippen LogP contribution >= 0.6 is 11.6 Å². The molecular weight excluding hydrogens is 306 g/mol. The van der Waals surface area contributed by atoms with Crippen molar-refractivity contribution in [3.05, 3.63) is 22.7 Å². The first-order chi connectivity index (χ1) is 10.5. The molecule has 6 heteroatoms. The zero-order valence-corrected chi connectivity index (χ0v) is 13.9. The lowest BCUT2D eigenvalue weighted by Crippen LogP contribution is -2.42. The fourth-order valence-electron chi connectivity index (χ4n) is 3.06. The van der Waals surface area contributed by atoms with Gasteiger partial charge in [-0.25, -0.2) is 0 Å². The Morgan fingerprint density at radius 2 is 2.09 bits per heavy atom. The van der Waals surface area contributed by atoms with Crippen LogP contribution in [0.1, 0.15) is 18.9 Å². The van der Waals surface area contributed by atoms with E-state index in [9.17, 15) is 9.90 Å². The summed E-state index contributed by atoms with van der Waals surface area (Å²) < 4.78 is 10.5. The summed E-state index contributed by atoms with van der Waals surface area (Å²) in [4.78, 5) is 13.4. The summed E-state index contributed by atoms with van der Waals surface area (Å²) >= 11 is 6.40. The summed E-state index contributed by atoms with van der Waals surface area (Å²) in [5, 5.41) is 9.78. The number of hydrogen-bond donors (Lipinski definition) is 1. The smallest absolute Gasteiger partial charge is 0.307 e. The molecule has 0 radical (unpaired) electrons. The van der Waals surface area contributed by atoms with Crippen molar-refractivity contribution in [3.8, 4) is 11.5 Å². The lowest BCUT2D eigenvalue weighted by atomic mass is 9.90. The van der Waals surface area contributed by atoms with Gasteiger partial charge < -0.3 is 14.6 Å². The molecule has 122 valence electrons. The third-order valence-electron chi connectivity index (χ3n) is 4.04. The van der Waals surface area contributed by atoms with E-state index in [1.807, 2.05) is 12.1 Å². The van der Waals surface area contributed by atoms with Crippen molar-refractivity contribution in [1.29, 1.82) is 0 Å². The fraction of sp³-hybridized carbons (Fsp3) is 0.562. The number of aliphatic carboxylic acids is 1. The molecule has 0 bridgehead atoms. The van der Waals surface area contributed by atoms with Crippen molar-refractivity contribution < 1.29 is 19.4 Å². The van der Waals surface area contributed by atoms with Gasteiger partial charge in [0, 0.05) is 19.6 Å². The van der Waals surface area contributed by atoms with Gasteiger partial charge in [-0.15, -0.1) is 0 Å². The van der Waals surface area contributed by atoms with Crippen molar-refractivity contribution in [2.24, 2.45) is 11.8 Å². The Labute approximate surface area is 135 Å². The van der Waals surface area contributed by atoms with Crippen molar-refractivity contribution in [2.75, 3.05) is 27.3 Å². The zero-order chi connectivity index (χ0) is 16.3. The van der Waals surface area contributed by atoms with E-state index in [1.54, 1.807) is 14.2 Å². The molecule has 22 heavy (non-hydrogen) atoms. The van der Waals surface area contributed by atoms with Crippen molar-refractivity contribution in [1.82, 2.24) is 4.90 Å². The van der Waals surface area contributed by atoms with Crippen LogP contribution in [0.3, 0.4) is 0 Å². The average Bonchev–Trinajstić information content (AvgIpc) is 2.48. The first kappa shape index (κ1) is 16.9. The van der Waals surface area contributed by atoms with Gasteiger partial charge in [-0.2, -0.15) is 0 Å². The Morgan fingerprint density at radius 3 is 2.68 bits per heavy atom. The molecule has 2 unspecified atom stereocenters. The lowest BCUT2D eigenvalue weighted by molar-refractivity contribution is -0.144. The molecule has 1 saturated heterocycles. The number of carboxylic acids is 1. The van der Waals surface area contributed by atoms with E-state index >= 15 is 0 Å². The SMILES string of the molecule is COc1ccc(CN2CC(C)CC(C(=O)O)C2)c(Cl)c1OC. The third-order valence-corrected chi connectivity index (χ3v) is 4.46. The topological polar surface area (TPSA) is 59.0 Å². The summed E-state index contributed by atoms with van der Waals surface area (Å²) in [5.41, 5.74) is 0.914. The number of carbonyl (C=O) groups is 1. The van der Waals surface area contributed by atoms with Crippen LogP contribution < -0.4 is 9.47 Å². The molecule has 1 aliphatic heterocycles. The highest BCUT2D eigenvalue weighted by Gasteiger charge is 2.30. The number of methoxy groups -OCH3 is 2. The van der Waals surface area contributed by atoms with Gasteiger partial charge in [0.25, 0.3) is 0 Å². The molecule has 1 N–H and O–H groups in total. The number of likely N-dealkylation sites (tertiary alicyclic amines) is 1. The van der Waals surface area contributed by atoms with Gasteiger partial charge in [0.05, 0.1) is 25.2 Å². The Balaban J connectivity index is 2.18. The summed E-state index contributed by atoms with van der Waals surface area (Å²) in [7, 11) is 3.12. The van der Waals surface area contributed by atoms with Crippen LogP contribution in [0.15, 0.2) is 12.1 Å². The largest absolute Gasteiger partial charge is 0.493 e. The second-order valence-corrected chi connectivity index (χ2v) is 6.22. The molecule has 1 fully saturated rings. The predicted molar refractivity (Wildman–Crippen MR) is 84.7 cm³/mol. The maximum absolute atomic E-state index is 11.3. The average molecular weight is 328 g/mol. The highest BCUT2D eigenvalue weighted by molar-refractivity contribution is 6.33. The third kappa shape index (κ3) is 3.65. The fourth-order valence-corrected chi connectivity index (χ4v) is 3.36.